The van der Waals surface area contributed by atoms with E-state index in [2.05, 4.69) is 37.3 Å². The van der Waals surface area contributed by atoms with Crippen LogP contribution in [0.2, 0.25) is 0 Å². The predicted molar refractivity (Wildman–Crippen MR) is 62.5 cm³/mol. The molecule has 0 aliphatic carbocycles. The van der Waals surface area contributed by atoms with Crippen LogP contribution in [-0.4, -0.2) is 6.61 Å². The molecule has 1 heterocycles. The summed E-state index contributed by atoms with van der Waals surface area (Å²) in [5, 5.41) is 2.70. The number of ether oxygens (including phenoxy) is 1. The van der Waals surface area contributed by atoms with E-state index in [0.717, 1.165) is 25.2 Å². The van der Waals surface area contributed by atoms with Crippen LogP contribution in [0.4, 0.5) is 0 Å². The lowest BCUT2D eigenvalue weighted by atomic mass is 9.95. The molecule has 0 fully saturated rings. The SMILES string of the molecule is CCc1ccc2c3c(cccc13)CCO2. The Bertz CT molecular complexity index is 504. The van der Waals surface area contributed by atoms with Crippen molar-refractivity contribution in [1.82, 2.24) is 0 Å². The summed E-state index contributed by atoms with van der Waals surface area (Å²) in [6.45, 7) is 3.02. The molecule has 0 aromatic heterocycles. The van der Waals surface area contributed by atoms with Gasteiger partial charge in [0.05, 0.1) is 6.61 Å². The Labute approximate surface area is 89.7 Å². The van der Waals surface area contributed by atoms with E-state index in [4.69, 9.17) is 4.74 Å². The van der Waals surface area contributed by atoms with Crippen molar-refractivity contribution in [3.8, 4) is 5.75 Å². The summed E-state index contributed by atoms with van der Waals surface area (Å²) in [5.41, 5.74) is 2.85. The molecule has 0 saturated carbocycles. The minimum atomic E-state index is 0.817. The van der Waals surface area contributed by atoms with E-state index >= 15 is 0 Å². The molecule has 0 N–H and O–H groups in total. The summed E-state index contributed by atoms with van der Waals surface area (Å²) in [4.78, 5) is 0. The van der Waals surface area contributed by atoms with E-state index in [9.17, 15) is 0 Å². The van der Waals surface area contributed by atoms with Gasteiger partial charge in [0.15, 0.2) is 0 Å². The monoisotopic (exact) mass is 198 g/mol. The van der Waals surface area contributed by atoms with Crippen molar-refractivity contribution in [2.24, 2.45) is 0 Å². The second-order valence-corrected chi connectivity index (χ2v) is 4.01. The molecule has 0 atom stereocenters. The van der Waals surface area contributed by atoms with Gasteiger partial charge >= 0.3 is 0 Å². The van der Waals surface area contributed by atoms with Crippen molar-refractivity contribution in [2.75, 3.05) is 6.61 Å². The van der Waals surface area contributed by atoms with Gasteiger partial charge in [-0.25, -0.2) is 0 Å². The maximum atomic E-state index is 5.70. The van der Waals surface area contributed by atoms with Gasteiger partial charge in [0, 0.05) is 11.8 Å². The molecule has 1 aliphatic heterocycles. The summed E-state index contributed by atoms with van der Waals surface area (Å²) in [7, 11) is 0. The zero-order valence-corrected chi connectivity index (χ0v) is 8.92. The number of rotatable bonds is 1. The van der Waals surface area contributed by atoms with Crippen LogP contribution in [0, 0.1) is 0 Å². The summed E-state index contributed by atoms with van der Waals surface area (Å²) >= 11 is 0. The van der Waals surface area contributed by atoms with E-state index in [1.807, 2.05) is 0 Å². The molecule has 0 saturated heterocycles. The van der Waals surface area contributed by atoms with E-state index in [0.29, 0.717) is 0 Å². The minimum absolute atomic E-state index is 0.817. The van der Waals surface area contributed by atoms with Gasteiger partial charge in [-0.2, -0.15) is 0 Å². The molecule has 2 aromatic rings. The highest BCUT2D eigenvalue weighted by molar-refractivity contribution is 5.94. The molecule has 1 nitrogen and oxygen atoms in total. The molecule has 1 heteroatoms. The van der Waals surface area contributed by atoms with Crippen molar-refractivity contribution in [3.63, 3.8) is 0 Å². The van der Waals surface area contributed by atoms with Crippen molar-refractivity contribution < 1.29 is 4.74 Å². The number of hydrogen-bond acceptors (Lipinski definition) is 1. The van der Waals surface area contributed by atoms with Crippen molar-refractivity contribution in [1.29, 1.82) is 0 Å². The third-order valence-electron chi connectivity index (χ3n) is 3.19. The predicted octanol–water partition coefficient (Wildman–Crippen LogP) is 3.34. The van der Waals surface area contributed by atoms with E-state index in [-0.39, 0.29) is 0 Å². The van der Waals surface area contributed by atoms with Crippen LogP contribution in [0.1, 0.15) is 18.1 Å². The van der Waals surface area contributed by atoms with Gasteiger partial charge in [0.2, 0.25) is 0 Å². The van der Waals surface area contributed by atoms with Crippen LogP contribution >= 0.6 is 0 Å². The Morgan fingerprint density at radius 1 is 1.20 bits per heavy atom. The first-order valence-corrected chi connectivity index (χ1v) is 5.56. The molecule has 0 amide bonds. The largest absolute Gasteiger partial charge is 0.493 e. The molecule has 1 aliphatic rings. The average molecular weight is 198 g/mol. The van der Waals surface area contributed by atoms with E-state index in [1.165, 1.54) is 21.9 Å². The highest BCUT2D eigenvalue weighted by atomic mass is 16.5. The topological polar surface area (TPSA) is 9.23 Å². The fourth-order valence-electron chi connectivity index (χ4n) is 2.42. The number of aryl methyl sites for hydroxylation is 1. The normalized spacial score (nSPS) is 13.9. The summed E-state index contributed by atoms with van der Waals surface area (Å²) in [5.74, 6) is 1.06. The molecule has 76 valence electrons. The number of hydrogen-bond donors (Lipinski definition) is 0. The van der Waals surface area contributed by atoms with Crippen LogP contribution < -0.4 is 4.74 Å². The van der Waals surface area contributed by atoms with Crippen LogP contribution in [0.3, 0.4) is 0 Å². The Morgan fingerprint density at radius 2 is 2.13 bits per heavy atom. The van der Waals surface area contributed by atoms with Gasteiger partial charge in [-0.1, -0.05) is 31.2 Å². The van der Waals surface area contributed by atoms with Gasteiger partial charge in [-0.05, 0) is 29.0 Å². The lowest BCUT2D eigenvalue weighted by Crippen LogP contribution is -2.08. The quantitative estimate of drug-likeness (QED) is 0.683. The Balaban J connectivity index is 2.43. The third-order valence-corrected chi connectivity index (χ3v) is 3.19. The van der Waals surface area contributed by atoms with E-state index < -0.39 is 0 Å². The van der Waals surface area contributed by atoms with Crippen LogP contribution in [0.5, 0.6) is 5.75 Å². The fourth-order valence-corrected chi connectivity index (χ4v) is 2.42. The molecule has 0 spiro atoms. The second kappa shape index (κ2) is 3.27. The van der Waals surface area contributed by atoms with E-state index in [1.54, 1.807) is 0 Å². The fraction of sp³-hybridized carbons (Fsp3) is 0.286. The van der Waals surface area contributed by atoms with Crippen LogP contribution in [0.15, 0.2) is 30.3 Å². The van der Waals surface area contributed by atoms with Gasteiger partial charge < -0.3 is 4.74 Å². The molecular formula is C14H14O. The standard InChI is InChI=1S/C14H14O/c1-2-10-6-7-13-14-11(8-9-15-13)4-3-5-12(10)14/h3-7H,2,8-9H2,1H3. The maximum absolute atomic E-state index is 5.70. The molecule has 0 unspecified atom stereocenters. The van der Waals surface area contributed by atoms with Crippen LogP contribution in [-0.2, 0) is 12.8 Å². The molecule has 0 radical (unpaired) electrons. The first-order valence-electron chi connectivity index (χ1n) is 5.56. The van der Waals surface area contributed by atoms with Crippen molar-refractivity contribution in [3.05, 3.63) is 41.5 Å². The highest BCUT2D eigenvalue weighted by Gasteiger charge is 2.14. The van der Waals surface area contributed by atoms with Gasteiger partial charge in [0.1, 0.15) is 5.75 Å². The summed E-state index contributed by atoms with van der Waals surface area (Å²) < 4.78 is 5.70. The van der Waals surface area contributed by atoms with Gasteiger partial charge in [-0.3, -0.25) is 0 Å². The summed E-state index contributed by atoms with van der Waals surface area (Å²) in [6.07, 6.45) is 2.12. The Morgan fingerprint density at radius 3 is 3.00 bits per heavy atom. The summed E-state index contributed by atoms with van der Waals surface area (Å²) in [6, 6.07) is 10.9. The maximum Gasteiger partial charge on any atom is 0.127 e. The molecule has 0 bridgehead atoms. The Kier molecular flexibility index (Phi) is 1.91. The zero-order chi connectivity index (χ0) is 10.3. The van der Waals surface area contributed by atoms with Gasteiger partial charge in [-0.15, -0.1) is 0 Å². The molecule has 3 rings (SSSR count). The zero-order valence-electron chi connectivity index (χ0n) is 8.92. The molecule has 2 aromatic carbocycles. The molecule has 15 heavy (non-hydrogen) atoms. The average Bonchev–Trinajstić information content (AvgIpc) is 2.30. The van der Waals surface area contributed by atoms with Crippen molar-refractivity contribution >= 4 is 10.8 Å². The number of benzene rings is 2. The first kappa shape index (κ1) is 8.78. The third kappa shape index (κ3) is 1.23. The minimum Gasteiger partial charge on any atom is -0.493 e. The van der Waals surface area contributed by atoms with Crippen LogP contribution in [0.25, 0.3) is 10.8 Å². The second-order valence-electron chi connectivity index (χ2n) is 4.01. The molecular weight excluding hydrogens is 184 g/mol. The Hall–Kier alpha value is -1.50. The smallest absolute Gasteiger partial charge is 0.127 e. The lowest BCUT2D eigenvalue weighted by molar-refractivity contribution is 0.318. The highest BCUT2D eigenvalue weighted by Crippen LogP contribution is 2.34. The first-order chi connectivity index (χ1) is 7.40. The van der Waals surface area contributed by atoms with Crippen molar-refractivity contribution in [2.45, 2.75) is 19.8 Å². The lowest BCUT2D eigenvalue weighted by Gasteiger charge is -2.19. The van der Waals surface area contributed by atoms with Gasteiger partial charge in [0.25, 0.3) is 0 Å².